The summed E-state index contributed by atoms with van der Waals surface area (Å²) in [5.41, 5.74) is 0.749. The fourth-order valence-electron chi connectivity index (χ4n) is 1.90. The first-order valence-corrected chi connectivity index (χ1v) is 5.81. The molecule has 17 heavy (non-hydrogen) atoms. The number of aliphatic hydroxyl groups excluding tert-OH is 1. The molecule has 1 atom stereocenters. The van der Waals surface area contributed by atoms with E-state index in [1.54, 1.807) is 18.3 Å². The molecule has 1 aliphatic rings. The number of nitrogens with one attached hydrogen (secondary N) is 1. The lowest BCUT2D eigenvalue weighted by atomic mass is 9.94. The Kier molecular flexibility index (Phi) is 3.88. The van der Waals surface area contributed by atoms with Crippen molar-refractivity contribution in [2.24, 2.45) is 5.92 Å². The number of carbonyl (C=O) groups is 1. The molecule has 4 nitrogen and oxygen atoms in total. The molecule has 4 heteroatoms. The first-order chi connectivity index (χ1) is 8.29. The molecule has 2 rings (SSSR count). The van der Waals surface area contributed by atoms with E-state index in [-0.39, 0.29) is 18.4 Å². The molecular weight excluding hydrogens is 216 g/mol. The van der Waals surface area contributed by atoms with Crippen molar-refractivity contribution >= 4 is 11.7 Å². The van der Waals surface area contributed by atoms with Crippen LogP contribution in [0.3, 0.4) is 0 Å². The predicted molar refractivity (Wildman–Crippen MR) is 65.3 cm³/mol. The van der Waals surface area contributed by atoms with Crippen LogP contribution in [0.2, 0.25) is 0 Å². The van der Waals surface area contributed by atoms with Gasteiger partial charge in [-0.25, -0.2) is 4.98 Å². The van der Waals surface area contributed by atoms with Crippen molar-refractivity contribution in [3.8, 4) is 0 Å². The number of aliphatic hydroxyl groups is 1. The Bertz CT molecular complexity index is 429. The maximum Gasteiger partial charge on any atom is 0.228 e. The number of hydrogen-bond donors (Lipinski definition) is 2. The van der Waals surface area contributed by atoms with E-state index in [4.69, 9.17) is 5.11 Å². The van der Waals surface area contributed by atoms with Crippen LogP contribution in [0.25, 0.3) is 0 Å². The summed E-state index contributed by atoms with van der Waals surface area (Å²) in [6.45, 7) is -0.0441. The Balaban J connectivity index is 1.99. The molecule has 2 N–H and O–H groups in total. The molecule has 1 aromatic rings. The average molecular weight is 232 g/mol. The van der Waals surface area contributed by atoms with E-state index in [9.17, 15) is 4.79 Å². The molecule has 0 saturated carbocycles. The highest BCUT2D eigenvalue weighted by Gasteiger charge is 2.18. The number of carbonyl (C=O) groups excluding carboxylic acids is 1. The van der Waals surface area contributed by atoms with Gasteiger partial charge in [0.15, 0.2) is 0 Å². The van der Waals surface area contributed by atoms with E-state index in [0.29, 0.717) is 5.82 Å². The summed E-state index contributed by atoms with van der Waals surface area (Å²) in [5.74, 6) is 0.563. The molecule has 1 heterocycles. The summed E-state index contributed by atoms with van der Waals surface area (Å²) < 4.78 is 0. The molecule has 90 valence electrons. The Morgan fingerprint density at radius 2 is 2.41 bits per heavy atom. The van der Waals surface area contributed by atoms with E-state index in [2.05, 4.69) is 16.4 Å². The second kappa shape index (κ2) is 5.59. The lowest BCUT2D eigenvalue weighted by molar-refractivity contribution is -0.120. The van der Waals surface area contributed by atoms with Crippen molar-refractivity contribution < 1.29 is 9.90 Å². The highest BCUT2D eigenvalue weighted by molar-refractivity contribution is 5.91. The van der Waals surface area contributed by atoms with Gasteiger partial charge in [-0.05, 0) is 37.0 Å². The van der Waals surface area contributed by atoms with Gasteiger partial charge in [0.2, 0.25) is 5.91 Å². The zero-order valence-electron chi connectivity index (χ0n) is 9.60. The van der Waals surface area contributed by atoms with Crippen LogP contribution in [-0.2, 0) is 11.4 Å². The monoisotopic (exact) mass is 232 g/mol. The maximum absolute atomic E-state index is 11.9. The van der Waals surface area contributed by atoms with Crippen LogP contribution in [0.15, 0.2) is 30.5 Å². The Morgan fingerprint density at radius 1 is 1.53 bits per heavy atom. The molecule has 0 aromatic carbocycles. The van der Waals surface area contributed by atoms with Gasteiger partial charge in [0.1, 0.15) is 5.82 Å². The first kappa shape index (κ1) is 11.8. The molecule has 0 fully saturated rings. The minimum absolute atomic E-state index is 0.0111. The average Bonchev–Trinajstić information content (AvgIpc) is 2.40. The van der Waals surface area contributed by atoms with Crippen molar-refractivity contribution in [1.82, 2.24) is 4.98 Å². The normalized spacial score (nSPS) is 19.0. The molecule has 0 bridgehead atoms. The first-order valence-electron chi connectivity index (χ1n) is 5.81. The van der Waals surface area contributed by atoms with Crippen LogP contribution in [0.5, 0.6) is 0 Å². The van der Waals surface area contributed by atoms with Crippen molar-refractivity contribution in [2.45, 2.75) is 25.9 Å². The lowest BCUT2D eigenvalue weighted by Crippen LogP contribution is -2.24. The van der Waals surface area contributed by atoms with E-state index in [1.807, 2.05) is 6.08 Å². The van der Waals surface area contributed by atoms with Gasteiger partial charge in [0.05, 0.1) is 6.61 Å². The van der Waals surface area contributed by atoms with Gasteiger partial charge in [0, 0.05) is 12.1 Å². The fraction of sp³-hybridized carbons (Fsp3) is 0.385. The van der Waals surface area contributed by atoms with Gasteiger partial charge >= 0.3 is 0 Å². The molecule has 0 saturated heterocycles. The van der Waals surface area contributed by atoms with Crippen LogP contribution < -0.4 is 5.32 Å². The zero-order valence-corrected chi connectivity index (χ0v) is 9.60. The molecule has 1 aliphatic carbocycles. The number of amides is 1. The summed E-state index contributed by atoms with van der Waals surface area (Å²) in [5, 5.41) is 11.8. The van der Waals surface area contributed by atoms with Crippen molar-refractivity contribution in [1.29, 1.82) is 0 Å². The highest BCUT2D eigenvalue weighted by atomic mass is 16.3. The minimum Gasteiger partial charge on any atom is -0.392 e. The Hall–Kier alpha value is -1.68. The zero-order chi connectivity index (χ0) is 12.1. The number of rotatable bonds is 3. The molecular formula is C13H16N2O2. The number of allylic oxidation sites excluding steroid dienone is 2. The summed E-state index contributed by atoms with van der Waals surface area (Å²) in [4.78, 5) is 16.0. The van der Waals surface area contributed by atoms with Crippen LogP contribution >= 0.6 is 0 Å². The van der Waals surface area contributed by atoms with E-state index in [0.717, 1.165) is 24.8 Å². The van der Waals surface area contributed by atoms with E-state index >= 15 is 0 Å². The third-order valence-electron chi connectivity index (χ3n) is 2.90. The van der Waals surface area contributed by atoms with Crippen LogP contribution in [0.4, 0.5) is 5.82 Å². The number of hydrogen-bond acceptors (Lipinski definition) is 3. The molecule has 0 radical (unpaired) electrons. The van der Waals surface area contributed by atoms with Gasteiger partial charge in [-0.2, -0.15) is 0 Å². The van der Waals surface area contributed by atoms with Crippen LogP contribution in [-0.4, -0.2) is 16.0 Å². The maximum atomic E-state index is 11.9. The standard InChI is InChI=1S/C13H16N2O2/c16-9-10-6-7-14-12(8-10)15-13(17)11-4-2-1-3-5-11/h1-2,6-8,11,16H,3-5,9H2,(H,14,15,17). The van der Waals surface area contributed by atoms with Gasteiger partial charge < -0.3 is 10.4 Å². The second-order valence-corrected chi connectivity index (χ2v) is 4.18. The molecule has 0 aliphatic heterocycles. The quantitative estimate of drug-likeness (QED) is 0.782. The third kappa shape index (κ3) is 3.14. The smallest absolute Gasteiger partial charge is 0.228 e. The Labute approximate surface area is 100 Å². The van der Waals surface area contributed by atoms with Gasteiger partial charge in [-0.1, -0.05) is 12.2 Å². The Morgan fingerprint density at radius 3 is 3.12 bits per heavy atom. The van der Waals surface area contributed by atoms with Gasteiger partial charge in [0.25, 0.3) is 0 Å². The molecule has 1 unspecified atom stereocenters. The fourth-order valence-corrected chi connectivity index (χ4v) is 1.90. The highest BCUT2D eigenvalue weighted by Crippen LogP contribution is 2.19. The summed E-state index contributed by atoms with van der Waals surface area (Å²) in [6, 6.07) is 3.41. The largest absolute Gasteiger partial charge is 0.392 e. The second-order valence-electron chi connectivity index (χ2n) is 4.18. The summed E-state index contributed by atoms with van der Waals surface area (Å²) in [7, 11) is 0. The van der Waals surface area contributed by atoms with Gasteiger partial charge in [-0.3, -0.25) is 4.79 Å². The van der Waals surface area contributed by atoms with Crippen molar-refractivity contribution in [3.63, 3.8) is 0 Å². The van der Waals surface area contributed by atoms with Crippen molar-refractivity contribution in [3.05, 3.63) is 36.0 Å². The van der Waals surface area contributed by atoms with Crippen LogP contribution in [0.1, 0.15) is 24.8 Å². The van der Waals surface area contributed by atoms with Gasteiger partial charge in [-0.15, -0.1) is 0 Å². The molecule has 1 amide bonds. The topological polar surface area (TPSA) is 62.2 Å². The number of pyridine rings is 1. The van der Waals surface area contributed by atoms with Crippen molar-refractivity contribution in [2.75, 3.05) is 5.32 Å². The summed E-state index contributed by atoms with van der Waals surface area (Å²) >= 11 is 0. The number of aromatic nitrogens is 1. The predicted octanol–water partition coefficient (Wildman–Crippen LogP) is 1.87. The van der Waals surface area contributed by atoms with Crippen LogP contribution in [0, 0.1) is 5.92 Å². The summed E-state index contributed by atoms with van der Waals surface area (Å²) in [6.07, 6.45) is 8.39. The number of anilines is 1. The third-order valence-corrected chi connectivity index (χ3v) is 2.90. The van der Waals surface area contributed by atoms with E-state index < -0.39 is 0 Å². The lowest BCUT2D eigenvalue weighted by Gasteiger charge is -2.16. The molecule has 0 spiro atoms. The molecule has 1 aromatic heterocycles. The SMILES string of the molecule is O=C(Nc1cc(CO)ccn1)C1CC=CCC1. The van der Waals surface area contributed by atoms with E-state index in [1.165, 1.54) is 0 Å². The minimum atomic E-state index is -0.0441. The number of nitrogens with zero attached hydrogens (tertiary/aromatic N) is 1.